The van der Waals surface area contributed by atoms with E-state index in [1.165, 1.54) is 0 Å². The van der Waals surface area contributed by atoms with E-state index in [9.17, 15) is 24.6 Å². The largest absolute Gasteiger partial charge is 0.480 e. The Bertz CT molecular complexity index is 548. The third kappa shape index (κ3) is 3.97. The average Bonchev–Trinajstić information content (AvgIpc) is 3.30. The van der Waals surface area contributed by atoms with Crippen LogP contribution in [0, 0.1) is 11.8 Å². The Kier molecular flexibility index (Phi) is 5.32. The fourth-order valence-corrected chi connectivity index (χ4v) is 4.52. The van der Waals surface area contributed by atoms with Gasteiger partial charge in [0.1, 0.15) is 12.1 Å². The number of nitrogens with one attached hydrogen (secondary N) is 1. The number of rotatable bonds is 7. The second kappa shape index (κ2) is 7.32. The highest BCUT2D eigenvalue weighted by Crippen LogP contribution is 2.40. The number of carboxylic acids is 2. The van der Waals surface area contributed by atoms with Crippen LogP contribution in [0.1, 0.15) is 58.3 Å². The topological polar surface area (TPSA) is 107 Å². The second-order valence-electron chi connectivity index (χ2n) is 7.91. The van der Waals surface area contributed by atoms with E-state index in [1.54, 1.807) is 11.8 Å². The first-order valence-corrected chi connectivity index (χ1v) is 9.42. The maximum atomic E-state index is 13.0. The summed E-state index contributed by atoms with van der Waals surface area (Å²) in [6.45, 7) is 1.65. The summed E-state index contributed by atoms with van der Waals surface area (Å²) in [6.07, 6.45) is 7.06. The van der Waals surface area contributed by atoms with Crippen LogP contribution >= 0.6 is 0 Å². The summed E-state index contributed by atoms with van der Waals surface area (Å²) in [6, 6.07) is -2.24. The molecule has 3 aliphatic rings. The van der Waals surface area contributed by atoms with Gasteiger partial charge in [-0.1, -0.05) is 25.7 Å². The first-order chi connectivity index (χ1) is 11.9. The van der Waals surface area contributed by atoms with Crippen molar-refractivity contribution in [3.05, 3.63) is 0 Å². The number of carbonyl (C=O) groups excluding carboxylic acids is 1. The van der Waals surface area contributed by atoms with E-state index >= 15 is 0 Å². The molecule has 25 heavy (non-hydrogen) atoms. The highest BCUT2D eigenvalue weighted by atomic mass is 16.4. The van der Waals surface area contributed by atoms with Gasteiger partial charge in [-0.15, -0.1) is 0 Å². The molecule has 0 unspecified atom stereocenters. The number of hydrogen-bond donors (Lipinski definition) is 3. The number of carboxylic acid groups (broad SMARTS) is 2. The van der Waals surface area contributed by atoms with Crippen LogP contribution < -0.4 is 5.32 Å². The van der Waals surface area contributed by atoms with Gasteiger partial charge in [-0.05, 0) is 44.4 Å². The Balaban J connectivity index is 1.69. The predicted molar refractivity (Wildman–Crippen MR) is 90.0 cm³/mol. The van der Waals surface area contributed by atoms with Crippen molar-refractivity contribution in [3.63, 3.8) is 0 Å². The van der Waals surface area contributed by atoms with E-state index < -0.39 is 30.1 Å². The lowest BCUT2D eigenvalue weighted by atomic mass is 9.84. The molecule has 3 rings (SSSR count). The molecule has 1 amide bonds. The number of nitrogens with zero attached hydrogens (tertiary/aromatic N) is 1. The summed E-state index contributed by atoms with van der Waals surface area (Å²) in [5, 5.41) is 21.9. The molecular weight excluding hydrogens is 324 g/mol. The van der Waals surface area contributed by atoms with Gasteiger partial charge in [0.15, 0.2) is 0 Å². The van der Waals surface area contributed by atoms with Gasteiger partial charge >= 0.3 is 11.9 Å². The van der Waals surface area contributed by atoms with Crippen LogP contribution in [0.15, 0.2) is 0 Å². The Labute approximate surface area is 147 Å². The molecule has 2 saturated carbocycles. The minimum Gasteiger partial charge on any atom is -0.480 e. The number of carbonyl (C=O) groups is 3. The number of aliphatic carboxylic acids is 2. The van der Waals surface area contributed by atoms with Crippen molar-refractivity contribution >= 4 is 17.8 Å². The van der Waals surface area contributed by atoms with Gasteiger partial charge in [-0.2, -0.15) is 0 Å². The van der Waals surface area contributed by atoms with Crippen LogP contribution in [-0.4, -0.2) is 57.1 Å². The van der Waals surface area contributed by atoms with Crippen LogP contribution in [0.3, 0.4) is 0 Å². The van der Waals surface area contributed by atoms with E-state index in [-0.39, 0.29) is 17.9 Å². The Morgan fingerprint density at radius 1 is 1.12 bits per heavy atom. The van der Waals surface area contributed by atoms with Gasteiger partial charge in [0, 0.05) is 6.04 Å². The number of amides is 1. The molecule has 7 nitrogen and oxygen atoms in total. The highest BCUT2D eigenvalue weighted by Gasteiger charge is 2.48. The first-order valence-electron chi connectivity index (χ1n) is 9.42. The smallest absolute Gasteiger partial charge is 0.326 e. The summed E-state index contributed by atoms with van der Waals surface area (Å²) >= 11 is 0. The molecular formula is C18H28N2O5. The minimum atomic E-state index is -0.956. The monoisotopic (exact) mass is 352 g/mol. The van der Waals surface area contributed by atoms with Crippen molar-refractivity contribution in [2.24, 2.45) is 11.8 Å². The minimum absolute atomic E-state index is 0.0155. The summed E-state index contributed by atoms with van der Waals surface area (Å²) in [5.41, 5.74) is 0. The zero-order valence-corrected chi connectivity index (χ0v) is 14.7. The van der Waals surface area contributed by atoms with E-state index in [4.69, 9.17) is 0 Å². The molecule has 140 valence electrons. The van der Waals surface area contributed by atoms with Gasteiger partial charge < -0.3 is 15.1 Å². The van der Waals surface area contributed by atoms with Crippen molar-refractivity contribution in [2.45, 2.75) is 82.5 Å². The molecule has 7 heteroatoms. The van der Waals surface area contributed by atoms with E-state index in [2.05, 4.69) is 5.32 Å². The molecule has 1 aliphatic heterocycles. The van der Waals surface area contributed by atoms with Crippen LogP contribution in [0.5, 0.6) is 0 Å². The van der Waals surface area contributed by atoms with Gasteiger partial charge in [0.05, 0.1) is 6.04 Å². The zero-order chi connectivity index (χ0) is 18.1. The lowest BCUT2D eigenvalue weighted by molar-refractivity contribution is -0.151. The predicted octanol–water partition coefficient (Wildman–Crippen LogP) is 1.46. The Morgan fingerprint density at radius 3 is 2.40 bits per heavy atom. The lowest BCUT2D eigenvalue weighted by Gasteiger charge is -2.35. The standard InChI is InChI=1S/C18H28N2O5/c1-10(19-13(17(22)23)8-11-6-7-11)16(21)20-14-5-3-2-4-12(14)9-15(20)18(24)25/h10-15,19H,2-9H2,1H3,(H,22,23)(H,24,25)/t10-,12+,13-,14-,15-/m0/s1. The van der Waals surface area contributed by atoms with Crippen LogP contribution in [0.25, 0.3) is 0 Å². The van der Waals surface area contributed by atoms with Crippen molar-refractivity contribution in [3.8, 4) is 0 Å². The summed E-state index contributed by atoms with van der Waals surface area (Å²) in [4.78, 5) is 37.6. The van der Waals surface area contributed by atoms with Crippen molar-refractivity contribution < 1.29 is 24.6 Å². The number of likely N-dealkylation sites (tertiary alicyclic amines) is 1. The average molecular weight is 352 g/mol. The molecule has 0 aromatic heterocycles. The van der Waals surface area contributed by atoms with Gasteiger partial charge in [0.2, 0.25) is 5.91 Å². The molecule has 5 atom stereocenters. The van der Waals surface area contributed by atoms with E-state index in [1.807, 2.05) is 0 Å². The Hall–Kier alpha value is -1.63. The van der Waals surface area contributed by atoms with E-state index in [0.29, 0.717) is 18.8 Å². The molecule has 0 aromatic carbocycles. The normalized spacial score (nSPS) is 31.2. The maximum absolute atomic E-state index is 13.0. The molecule has 3 N–H and O–H groups in total. The van der Waals surface area contributed by atoms with Gasteiger partial charge in [-0.25, -0.2) is 4.79 Å². The molecule has 3 fully saturated rings. The third-order valence-electron chi connectivity index (χ3n) is 6.01. The maximum Gasteiger partial charge on any atom is 0.326 e. The zero-order valence-electron chi connectivity index (χ0n) is 14.7. The molecule has 0 spiro atoms. The van der Waals surface area contributed by atoms with E-state index in [0.717, 1.165) is 38.5 Å². The summed E-state index contributed by atoms with van der Waals surface area (Å²) < 4.78 is 0. The van der Waals surface area contributed by atoms with Gasteiger partial charge in [0.25, 0.3) is 0 Å². The van der Waals surface area contributed by atoms with Crippen LogP contribution in [-0.2, 0) is 14.4 Å². The Morgan fingerprint density at radius 2 is 1.80 bits per heavy atom. The van der Waals surface area contributed by atoms with Gasteiger partial charge in [-0.3, -0.25) is 14.9 Å². The number of hydrogen-bond acceptors (Lipinski definition) is 4. The second-order valence-corrected chi connectivity index (χ2v) is 7.91. The molecule has 0 radical (unpaired) electrons. The SMILES string of the molecule is C[C@H](N[C@@H](CC1CC1)C(=O)O)C(=O)N1[C@H](C(=O)O)C[C@H]2CCCC[C@@H]21. The molecule has 1 heterocycles. The lowest BCUT2D eigenvalue weighted by Crippen LogP contribution is -2.55. The molecule has 0 aromatic rings. The fraction of sp³-hybridized carbons (Fsp3) is 0.833. The highest BCUT2D eigenvalue weighted by molar-refractivity contribution is 5.88. The quantitative estimate of drug-likeness (QED) is 0.640. The summed E-state index contributed by atoms with van der Waals surface area (Å²) in [5.74, 6) is -1.49. The first kappa shape index (κ1) is 18.2. The van der Waals surface area contributed by atoms with Crippen molar-refractivity contribution in [1.29, 1.82) is 0 Å². The molecule has 1 saturated heterocycles. The van der Waals surface area contributed by atoms with Crippen molar-refractivity contribution in [2.75, 3.05) is 0 Å². The third-order valence-corrected chi connectivity index (χ3v) is 6.01. The fourth-order valence-electron chi connectivity index (χ4n) is 4.52. The van der Waals surface area contributed by atoms with Crippen molar-refractivity contribution in [1.82, 2.24) is 10.2 Å². The number of fused-ring (bicyclic) bond motifs is 1. The van der Waals surface area contributed by atoms with Crippen LogP contribution in [0.4, 0.5) is 0 Å². The van der Waals surface area contributed by atoms with Crippen LogP contribution in [0.2, 0.25) is 0 Å². The molecule has 0 bridgehead atoms. The molecule has 2 aliphatic carbocycles. The summed E-state index contributed by atoms with van der Waals surface area (Å²) in [7, 11) is 0.